The summed E-state index contributed by atoms with van der Waals surface area (Å²) in [4.78, 5) is 22.5. The number of phenols is 1. The van der Waals surface area contributed by atoms with Gasteiger partial charge in [0.05, 0.1) is 17.3 Å². The van der Waals surface area contributed by atoms with Crippen molar-refractivity contribution in [2.75, 3.05) is 24.5 Å². The molecule has 0 aliphatic carbocycles. The zero-order chi connectivity index (χ0) is 21.5. The summed E-state index contributed by atoms with van der Waals surface area (Å²) in [7, 11) is 0. The van der Waals surface area contributed by atoms with Gasteiger partial charge in [-0.2, -0.15) is 5.10 Å². The number of hydrogen-bond donors (Lipinski definition) is 1. The van der Waals surface area contributed by atoms with E-state index in [2.05, 4.69) is 11.8 Å². The molecule has 2 aliphatic heterocycles. The van der Waals surface area contributed by atoms with E-state index in [-0.39, 0.29) is 17.7 Å². The van der Waals surface area contributed by atoms with Crippen LogP contribution in [0.3, 0.4) is 0 Å². The minimum atomic E-state index is -0.134. The predicted molar refractivity (Wildman–Crippen MR) is 120 cm³/mol. The SMILES string of the molecule is Cc1cn2nc([C@@H]3CCCCN3C(=O)c3cccc(C)c3O)cc2nc1N1CCCC1. The average Bonchev–Trinajstić information content (AvgIpc) is 3.44. The number of aromatic nitrogens is 3. The molecule has 3 aromatic rings. The minimum absolute atomic E-state index is 0.0689. The second-order valence-electron chi connectivity index (χ2n) is 8.79. The lowest BCUT2D eigenvalue weighted by Gasteiger charge is -2.35. The van der Waals surface area contributed by atoms with Crippen LogP contribution >= 0.6 is 0 Å². The zero-order valence-electron chi connectivity index (χ0n) is 18.2. The molecule has 5 rings (SSSR count). The second-order valence-corrected chi connectivity index (χ2v) is 8.79. The van der Waals surface area contributed by atoms with Crippen LogP contribution in [-0.4, -0.2) is 50.1 Å². The van der Waals surface area contributed by atoms with Gasteiger partial charge in [-0.05, 0) is 57.6 Å². The molecule has 0 bridgehead atoms. The van der Waals surface area contributed by atoms with Crippen LogP contribution in [0.2, 0.25) is 0 Å². The Morgan fingerprint density at radius 3 is 2.65 bits per heavy atom. The summed E-state index contributed by atoms with van der Waals surface area (Å²) < 4.78 is 1.84. The quantitative estimate of drug-likeness (QED) is 0.694. The van der Waals surface area contributed by atoms with E-state index in [1.807, 2.05) is 40.7 Å². The molecule has 0 spiro atoms. The van der Waals surface area contributed by atoms with Crippen molar-refractivity contribution in [3.8, 4) is 5.75 Å². The van der Waals surface area contributed by atoms with Crippen molar-refractivity contribution in [2.45, 2.75) is 52.0 Å². The third-order valence-electron chi connectivity index (χ3n) is 6.60. The van der Waals surface area contributed by atoms with Crippen LogP contribution in [0.25, 0.3) is 5.65 Å². The summed E-state index contributed by atoms with van der Waals surface area (Å²) in [5, 5.41) is 15.3. The molecule has 162 valence electrons. The fourth-order valence-corrected chi connectivity index (χ4v) is 4.90. The Balaban J connectivity index is 1.49. The summed E-state index contributed by atoms with van der Waals surface area (Å²) in [5.74, 6) is 0.974. The Hall–Kier alpha value is -3.09. The van der Waals surface area contributed by atoms with Crippen molar-refractivity contribution in [2.24, 2.45) is 0 Å². The molecule has 31 heavy (non-hydrogen) atoms. The molecule has 2 aromatic heterocycles. The molecular formula is C24H29N5O2. The summed E-state index contributed by atoms with van der Waals surface area (Å²) in [5.41, 5.74) is 3.87. The molecule has 7 nitrogen and oxygen atoms in total. The normalized spacial score (nSPS) is 19.4. The van der Waals surface area contributed by atoms with Gasteiger partial charge in [-0.1, -0.05) is 12.1 Å². The molecule has 2 fully saturated rings. The molecule has 1 amide bonds. The first-order valence-corrected chi connectivity index (χ1v) is 11.2. The van der Waals surface area contributed by atoms with E-state index in [0.29, 0.717) is 17.7 Å². The van der Waals surface area contributed by atoms with Gasteiger partial charge in [0.15, 0.2) is 5.65 Å². The van der Waals surface area contributed by atoms with Crippen LogP contribution in [0.5, 0.6) is 5.75 Å². The largest absolute Gasteiger partial charge is 0.507 e. The Morgan fingerprint density at radius 1 is 1.06 bits per heavy atom. The van der Waals surface area contributed by atoms with E-state index in [9.17, 15) is 9.90 Å². The smallest absolute Gasteiger partial charge is 0.258 e. The Labute approximate surface area is 182 Å². The van der Waals surface area contributed by atoms with Gasteiger partial charge in [-0.15, -0.1) is 0 Å². The fourth-order valence-electron chi connectivity index (χ4n) is 4.90. The van der Waals surface area contributed by atoms with E-state index in [1.165, 1.54) is 12.8 Å². The van der Waals surface area contributed by atoms with Gasteiger partial charge in [-0.25, -0.2) is 9.50 Å². The van der Waals surface area contributed by atoms with E-state index in [0.717, 1.165) is 55.1 Å². The summed E-state index contributed by atoms with van der Waals surface area (Å²) in [6.45, 7) is 6.66. The molecule has 1 aromatic carbocycles. The molecule has 7 heteroatoms. The minimum Gasteiger partial charge on any atom is -0.507 e. The average molecular weight is 420 g/mol. The fraction of sp³-hybridized carbons (Fsp3) is 0.458. The van der Waals surface area contributed by atoms with Crippen molar-refractivity contribution in [3.05, 3.63) is 52.8 Å². The molecular weight excluding hydrogens is 390 g/mol. The number of carbonyl (C=O) groups excluding carboxylic acids is 1. The monoisotopic (exact) mass is 419 g/mol. The highest BCUT2D eigenvalue weighted by Gasteiger charge is 2.32. The molecule has 2 saturated heterocycles. The maximum absolute atomic E-state index is 13.4. The topological polar surface area (TPSA) is 74.0 Å². The van der Waals surface area contributed by atoms with E-state index < -0.39 is 0 Å². The first kappa shape index (κ1) is 19.8. The highest BCUT2D eigenvalue weighted by Crippen LogP contribution is 2.34. The maximum Gasteiger partial charge on any atom is 0.258 e. The maximum atomic E-state index is 13.4. The third-order valence-corrected chi connectivity index (χ3v) is 6.60. The van der Waals surface area contributed by atoms with Crippen LogP contribution in [0.1, 0.15) is 65.3 Å². The summed E-state index contributed by atoms with van der Waals surface area (Å²) >= 11 is 0. The van der Waals surface area contributed by atoms with Crippen LogP contribution in [0, 0.1) is 13.8 Å². The molecule has 1 atom stereocenters. The number of likely N-dealkylation sites (tertiary alicyclic amines) is 1. The standard InChI is InChI=1S/C24H29N5O2/c1-16-8-7-9-18(22(16)30)24(31)28-13-4-3-10-20(28)19-14-21-25-23(27-11-5-6-12-27)17(2)15-29(21)26-19/h7-9,14-15,20,30H,3-6,10-13H2,1-2H3/t20-/m0/s1. The molecule has 0 unspecified atom stereocenters. The number of benzene rings is 1. The van der Waals surface area contributed by atoms with Crippen LogP contribution in [-0.2, 0) is 0 Å². The van der Waals surface area contributed by atoms with Crippen LogP contribution < -0.4 is 4.90 Å². The van der Waals surface area contributed by atoms with E-state index in [4.69, 9.17) is 10.1 Å². The van der Waals surface area contributed by atoms with Crippen molar-refractivity contribution < 1.29 is 9.90 Å². The second kappa shape index (κ2) is 7.87. The first-order valence-electron chi connectivity index (χ1n) is 11.2. The van der Waals surface area contributed by atoms with Gasteiger partial charge in [0, 0.05) is 37.5 Å². The Bertz CT molecular complexity index is 1130. The lowest BCUT2D eigenvalue weighted by molar-refractivity contribution is 0.0602. The lowest BCUT2D eigenvalue weighted by atomic mass is 9.97. The van der Waals surface area contributed by atoms with Gasteiger partial charge in [0.25, 0.3) is 5.91 Å². The third kappa shape index (κ3) is 3.52. The number of phenolic OH excluding ortho intramolecular Hbond substituents is 1. The number of piperidine rings is 1. The molecule has 2 aliphatic rings. The van der Waals surface area contributed by atoms with Crippen molar-refractivity contribution >= 4 is 17.4 Å². The number of hydrogen-bond acceptors (Lipinski definition) is 5. The first-order chi connectivity index (χ1) is 15.0. The van der Waals surface area contributed by atoms with Gasteiger partial charge < -0.3 is 14.9 Å². The zero-order valence-corrected chi connectivity index (χ0v) is 18.2. The van der Waals surface area contributed by atoms with Crippen molar-refractivity contribution in [1.82, 2.24) is 19.5 Å². The number of aromatic hydroxyl groups is 1. The van der Waals surface area contributed by atoms with Gasteiger partial charge in [0.1, 0.15) is 11.6 Å². The highest BCUT2D eigenvalue weighted by atomic mass is 16.3. The Kier molecular flexibility index (Phi) is 5.04. The van der Waals surface area contributed by atoms with E-state index in [1.54, 1.807) is 6.07 Å². The number of para-hydroxylation sites is 1. The van der Waals surface area contributed by atoms with Crippen molar-refractivity contribution in [1.29, 1.82) is 0 Å². The van der Waals surface area contributed by atoms with Gasteiger partial charge in [0.2, 0.25) is 0 Å². The predicted octanol–water partition coefficient (Wildman–Crippen LogP) is 4.02. The number of rotatable bonds is 3. The molecule has 0 radical (unpaired) electrons. The number of fused-ring (bicyclic) bond motifs is 1. The number of carbonyl (C=O) groups is 1. The number of nitrogens with zero attached hydrogens (tertiary/aromatic N) is 5. The highest BCUT2D eigenvalue weighted by molar-refractivity contribution is 5.97. The number of amides is 1. The number of aryl methyl sites for hydroxylation is 2. The summed E-state index contributed by atoms with van der Waals surface area (Å²) in [6, 6.07) is 7.24. The molecule has 1 N–H and O–H groups in total. The summed E-state index contributed by atoms with van der Waals surface area (Å²) in [6.07, 6.45) is 7.33. The Morgan fingerprint density at radius 2 is 1.84 bits per heavy atom. The van der Waals surface area contributed by atoms with Crippen LogP contribution in [0.15, 0.2) is 30.5 Å². The van der Waals surface area contributed by atoms with Gasteiger partial charge >= 0.3 is 0 Å². The van der Waals surface area contributed by atoms with Crippen molar-refractivity contribution in [3.63, 3.8) is 0 Å². The molecule has 4 heterocycles. The molecule has 0 saturated carbocycles. The lowest BCUT2D eigenvalue weighted by Crippen LogP contribution is -2.38. The van der Waals surface area contributed by atoms with Gasteiger partial charge in [-0.3, -0.25) is 4.79 Å². The van der Waals surface area contributed by atoms with Crippen LogP contribution in [0.4, 0.5) is 5.82 Å². The number of anilines is 1. The van der Waals surface area contributed by atoms with E-state index >= 15 is 0 Å².